The van der Waals surface area contributed by atoms with Gasteiger partial charge in [-0.15, -0.1) is 16.4 Å². The molecule has 5 rings (SSSR count). The van der Waals surface area contributed by atoms with Crippen LogP contribution in [0.4, 0.5) is 5.69 Å². The predicted octanol–water partition coefficient (Wildman–Crippen LogP) is 8.55. The van der Waals surface area contributed by atoms with Crippen LogP contribution in [-0.4, -0.2) is 30.9 Å². The summed E-state index contributed by atoms with van der Waals surface area (Å²) < 4.78 is 0. The van der Waals surface area contributed by atoms with Crippen LogP contribution in [0.3, 0.4) is 0 Å². The van der Waals surface area contributed by atoms with Crippen LogP contribution in [0.2, 0.25) is 0 Å². The second kappa shape index (κ2) is 13.5. The van der Waals surface area contributed by atoms with Crippen molar-refractivity contribution in [1.82, 2.24) is 4.90 Å². The van der Waals surface area contributed by atoms with Gasteiger partial charge in [-0.05, 0) is 31.3 Å². The van der Waals surface area contributed by atoms with Crippen molar-refractivity contribution in [3.63, 3.8) is 0 Å². The highest BCUT2D eigenvalue weighted by molar-refractivity contribution is 7.14. The number of benzene rings is 4. The molecule has 0 spiro atoms. The number of nitrogens with zero attached hydrogens (tertiary/aromatic N) is 5. The summed E-state index contributed by atoms with van der Waals surface area (Å²) in [5, 5.41) is 18.8. The molecule has 0 amide bonds. The van der Waals surface area contributed by atoms with E-state index in [2.05, 4.69) is 83.8 Å². The maximum Gasteiger partial charge on any atom is 0.121 e. The van der Waals surface area contributed by atoms with Gasteiger partial charge in [-0.1, -0.05) is 121 Å². The van der Waals surface area contributed by atoms with Crippen LogP contribution in [0.25, 0.3) is 0 Å². The van der Waals surface area contributed by atoms with Crippen molar-refractivity contribution < 1.29 is 0 Å². The van der Waals surface area contributed by atoms with Gasteiger partial charge in [0.2, 0.25) is 0 Å². The number of azo groups is 1. The van der Waals surface area contributed by atoms with E-state index in [-0.39, 0.29) is 6.04 Å². The second-order valence-corrected chi connectivity index (χ2v) is 10.7. The molecule has 0 unspecified atom stereocenters. The molecule has 0 aliphatic heterocycles. The summed E-state index contributed by atoms with van der Waals surface area (Å²) in [5.41, 5.74) is 5.82. The third-order valence-electron chi connectivity index (χ3n) is 6.20. The molecule has 40 heavy (non-hydrogen) atoms. The van der Waals surface area contributed by atoms with Crippen LogP contribution in [-0.2, 0) is 6.54 Å². The number of hydrogen-bond acceptors (Lipinski definition) is 6. The van der Waals surface area contributed by atoms with E-state index in [1.165, 1.54) is 4.88 Å². The van der Waals surface area contributed by atoms with Crippen LogP contribution in [0, 0.1) is 0 Å². The van der Waals surface area contributed by atoms with Gasteiger partial charge < -0.3 is 4.90 Å². The Bertz CT molecular complexity index is 1490. The molecule has 1 aromatic heterocycles. The zero-order valence-corrected chi connectivity index (χ0v) is 23.4. The maximum absolute atomic E-state index is 4.85. The summed E-state index contributed by atoms with van der Waals surface area (Å²) in [6.07, 6.45) is 1.80. The smallest absolute Gasteiger partial charge is 0.121 e. The Morgan fingerprint density at radius 2 is 1.23 bits per heavy atom. The van der Waals surface area contributed by atoms with E-state index in [9.17, 15) is 0 Å². The van der Waals surface area contributed by atoms with Gasteiger partial charge in [0.15, 0.2) is 0 Å². The molecule has 5 nitrogen and oxygen atoms in total. The highest BCUT2D eigenvalue weighted by Gasteiger charge is 2.14. The van der Waals surface area contributed by atoms with Gasteiger partial charge in [0, 0.05) is 22.5 Å². The Balaban J connectivity index is 1.50. The highest BCUT2D eigenvalue weighted by Crippen LogP contribution is 2.33. The Morgan fingerprint density at radius 3 is 1.73 bits per heavy atom. The minimum absolute atomic E-state index is 0.204. The van der Waals surface area contributed by atoms with Crippen molar-refractivity contribution in [3.05, 3.63) is 159 Å². The van der Waals surface area contributed by atoms with Crippen LogP contribution in [0.5, 0.6) is 0 Å². The molecule has 0 N–H and O–H groups in total. The quantitative estimate of drug-likeness (QED) is 0.0993. The van der Waals surface area contributed by atoms with E-state index in [0.29, 0.717) is 0 Å². The van der Waals surface area contributed by atoms with Gasteiger partial charge >= 0.3 is 0 Å². The SMILES string of the molecule is CN(C)Cc1cc(N=NC(c2ccccc2)c2ccccc2)c(C=NN=C(c2ccccc2)c2ccccc2)s1. The summed E-state index contributed by atoms with van der Waals surface area (Å²) >= 11 is 1.66. The molecule has 6 heteroatoms. The largest absolute Gasteiger partial charge is 0.304 e. The van der Waals surface area contributed by atoms with Crippen LogP contribution in [0.1, 0.15) is 38.0 Å². The average Bonchev–Trinajstić information content (AvgIpc) is 3.37. The van der Waals surface area contributed by atoms with E-state index in [0.717, 1.165) is 45.1 Å². The first-order valence-electron chi connectivity index (χ1n) is 13.2. The standard InChI is InChI=1S/C34H31N5S/c1-39(2)25-30-23-31(36-38-34(28-19-11-5-12-20-28)29-21-13-6-14-22-29)32(40-30)24-35-37-33(26-15-7-3-8-16-26)27-17-9-4-10-18-27/h3-24,34H,25H2,1-2H3. The zero-order chi connectivity index (χ0) is 27.6. The first kappa shape index (κ1) is 27.1. The van der Waals surface area contributed by atoms with E-state index in [1.54, 1.807) is 17.6 Å². The molecule has 1 heterocycles. The van der Waals surface area contributed by atoms with E-state index >= 15 is 0 Å². The molecule has 0 bridgehead atoms. The zero-order valence-electron chi connectivity index (χ0n) is 22.6. The van der Waals surface area contributed by atoms with Crippen LogP contribution in [0.15, 0.2) is 148 Å². The summed E-state index contributed by atoms with van der Waals surface area (Å²) in [4.78, 5) is 4.25. The Hall–Kier alpha value is -4.52. The predicted molar refractivity (Wildman–Crippen MR) is 167 cm³/mol. The number of hydrogen-bond donors (Lipinski definition) is 0. The van der Waals surface area contributed by atoms with Gasteiger partial charge in [0.05, 0.1) is 11.1 Å². The third-order valence-corrected chi connectivity index (χ3v) is 7.25. The van der Waals surface area contributed by atoms with E-state index < -0.39 is 0 Å². The molecule has 0 radical (unpaired) electrons. The van der Waals surface area contributed by atoms with Crippen molar-refractivity contribution >= 4 is 29.0 Å². The maximum atomic E-state index is 4.85. The Morgan fingerprint density at radius 1 is 0.725 bits per heavy atom. The van der Waals surface area contributed by atoms with E-state index in [1.807, 2.05) is 72.8 Å². The summed E-state index contributed by atoms with van der Waals surface area (Å²) in [7, 11) is 4.12. The molecule has 0 atom stereocenters. The molecule has 5 aromatic rings. The third kappa shape index (κ3) is 7.11. The molecule has 0 aliphatic carbocycles. The topological polar surface area (TPSA) is 52.7 Å². The molecular weight excluding hydrogens is 510 g/mol. The monoisotopic (exact) mass is 541 g/mol. The van der Waals surface area contributed by atoms with Crippen LogP contribution < -0.4 is 0 Å². The first-order valence-corrected chi connectivity index (χ1v) is 14.0. The summed E-state index contributed by atoms with van der Waals surface area (Å²) in [6.45, 7) is 0.810. The average molecular weight is 542 g/mol. The fourth-order valence-corrected chi connectivity index (χ4v) is 5.42. The van der Waals surface area contributed by atoms with Crippen LogP contribution >= 0.6 is 11.3 Å². The van der Waals surface area contributed by atoms with Crippen molar-refractivity contribution in [2.75, 3.05) is 14.1 Å². The number of thiophene rings is 1. The molecular formula is C34H31N5S. The molecule has 0 fully saturated rings. The normalized spacial score (nSPS) is 11.6. The Labute approximate surface area is 239 Å². The lowest BCUT2D eigenvalue weighted by atomic mass is 10.00. The fourth-order valence-electron chi connectivity index (χ4n) is 4.34. The van der Waals surface area contributed by atoms with Crippen molar-refractivity contribution in [3.8, 4) is 0 Å². The molecule has 0 saturated heterocycles. The summed E-state index contributed by atoms with van der Waals surface area (Å²) in [6, 6.07) is 42.7. The minimum atomic E-state index is -0.204. The highest BCUT2D eigenvalue weighted by atomic mass is 32.1. The van der Waals surface area contributed by atoms with Gasteiger partial charge in [-0.2, -0.15) is 15.3 Å². The fraction of sp³-hybridized carbons (Fsp3) is 0.118. The molecule has 0 aliphatic rings. The lowest BCUT2D eigenvalue weighted by Crippen LogP contribution is -2.09. The summed E-state index contributed by atoms with van der Waals surface area (Å²) in [5.74, 6) is 0. The Kier molecular flexibility index (Phi) is 9.14. The molecule has 4 aromatic carbocycles. The lowest BCUT2D eigenvalue weighted by Gasteiger charge is -2.12. The molecule has 0 saturated carbocycles. The number of rotatable bonds is 10. The van der Waals surface area contributed by atoms with Gasteiger partial charge in [0.1, 0.15) is 17.4 Å². The van der Waals surface area contributed by atoms with E-state index in [4.69, 9.17) is 10.2 Å². The van der Waals surface area contributed by atoms with Gasteiger partial charge in [0.25, 0.3) is 0 Å². The van der Waals surface area contributed by atoms with Crippen molar-refractivity contribution in [1.29, 1.82) is 0 Å². The minimum Gasteiger partial charge on any atom is -0.304 e. The van der Waals surface area contributed by atoms with Crippen molar-refractivity contribution in [2.45, 2.75) is 12.6 Å². The molecule has 198 valence electrons. The second-order valence-electron chi connectivity index (χ2n) is 9.56. The van der Waals surface area contributed by atoms with Gasteiger partial charge in [-0.3, -0.25) is 0 Å². The first-order chi connectivity index (χ1) is 19.7. The van der Waals surface area contributed by atoms with Crippen molar-refractivity contribution in [2.24, 2.45) is 20.4 Å². The lowest BCUT2D eigenvalue weighted by molar-refractivity contribution is 0.406. The van der Waals surface area contributed by atoms with Gasteiger partial charge in [-0.25, -0.2) is 0 Å².